The number of fused-ring (bicyclic) bond motifs is 2. The van der Waals surface area contributed by atoms with Crippen LogP contribution < -0.4 is 10.1 Å². The number of nitriles is 1. The zero-order valence-electron chi connectivity index (χ0n) is 18.6. The topological polar surface area (TPSA) is 77.0 Å². The number of ether oxygens (including phenoxy) is 1. The quantitative estimate of drug-likeness (QED) is 0.323. The summed E-state index contributed by atoms with van der Waals surface area (Å²) in [6, 6.07) is 18.8. The van der Waals surface area contributed by atoms with Crippen molar-refractivity contribution in [1.29, 1.82) is 5.26 Å². The van der Waals surface area contributed by atoms with Crippen LogP contribution in [0.15, 0.2) is 60.9 Å². The molecule has 7 heteroatoms. The molecule has 0 unspecified atom stereocenters. The van der Waals surface area contributed by atoms with E-state index < -0.39 is 0 Å². The first kappa shape index (κ1) is 21.0. The molecule has 0 spiro atoms. The fraction of sp³-hybridized carbons (Fsp3) is 0.154. The molecule has 2 aromatic carbocycles. The molecule has 0 fully saturated rings. The predicted octanol–water partition coefficient (Wildman–Crippen LogP) is 6.13. The molecule has 0 radical (unpaired) electrons. The fourth-order valence-electron chi connectivity index (χ4n) is 4.03. The van der Waals surface area contributed by atoms with Crippen molar-refractivity contribution in [1.82, 2.24) is 14.9 Å². The lowest BCUT2D eigenvalue weighted by atomic mass is 10.1. The van der Waals surface area contributed by atoms with Gasteiger partial charge in [-0.1, -0.05) is 6.07 Å². The number of hydrogen-bond acceptors (Lipinski definition) is 6. The Kier molecular flexibility index (Phi) is 5.47. The zero-order chi connectivity index (χ0) is 22.9. The Morgan fingerprint density at radius 3 is 2.82 bits per heavy atom. The van der Waals surface area contributed by atoms with Gasteiger partial charge in [0, 0.05) is 51.4 Å². The minimum absolute atomic E-state index is 0.509. The van der Waals surface area contributed by atoms with E-state index in [1.54, 1.807) is 24.6 Å². The minimum Gasteiger partial charge on any atom is -0.496 e. The number of hydrogen-bond donors (Lipinski definition) is 2. The van der Waals surface area contributed by atoms with E-state index in [-0.39, 0.29) is 0 Å². The Hall–Kier alpha value is -3.86. The highest BCUT2D eigenvalue weighted by Crippen LogP contribution is 2.42. The van der Waals surface area contributed by atoms with Gasteiger partial charge >= 0.3 is 0 Å². The van der Waals surface area contributed by atoms with Gasteiger partial charge in [0.25, 0.3) is 0 Å². The van der Waals surface area contributed by atoms with Gasteiger partial charge in [0.05, 0.1) is 18.4 Å². The van der Waals surface area contributed by atoms with Gasteiger partial charge in [-0.2, -0.15) is 5.26 Å². The molecule has 6 nitrogen and oxygen atoms in total. The van der Waals surface area contributed by atoms with Crippen molar-refractivity contribution >= 4 is 43.8 Å². The van der Waals surface area contributed by atoms with Crippen LogP contribution in [-0.4, -0.2) is 36.1 Å². The summed E-state index contributed by atoms with van der Waals surface area (Å²) in [5.74, 6) is 0.817. The largest absolute Gasteiger partial charge is 0.496 e. The number of aromatic amines is 1. The molecule has 33 heavy (non-hydrogen) atoms. The molecular weight excluding hydrogens is 430 g/mol. The number of nitrogens with one attached hydrogen (secondary N) is 2. The summed E-state index contributed by atoms with van der Waals surface area (Å²) in [7, 11) is 5.80. The molecular formula is C26H23N5OS. The summed E-state index contributed by atoms with van der Waals surface area (Å²) in [5, 5.41) is 15.3. The van der Waals surface area contributed by atoms with Crippen LogP contribution in [0.5, 0.6) is 5.75 Å². The Labute approximate surface area is 196 Å². The van der Waals surface area contributed by atoms with Crippen molar-refractivity contribution in [3.05, 3.63) is 72.1 Å². The second-order valence-corrected chi connectivity index (χ2v) is 9.20. The van der Waals surface area contributed by atoms with Crippen LogP contribution in [-0.2, 0) is 6.54 Å². The van der Waals surface area contributed by atoms with Gasteiger partial charge in [0.15, 0.2) is 0 Å². The van der Waals surface area contributed by atoms with Gasteiger partial charge in [-0.05, 0) is 62.1 Å². The van der Waals surface area contributed by atoms with Crippen molar-refractivity contribution in [2.24, 2.45) is 0 Å². The van der Waals surface area contributed by atoms with Gasteiger partial charge in [-0.25, -0.2) is 4.98 Å². The molecule has 0 atom stereocenters. The first-order valence-electron chi connectivity index (χ1n) is 10.5. The van der Waals surface area contributed by atoms with Gasteiger partial charge in [-0.3, -0.25) is 0 Å². The molecule has 164 valence electrons. The third-order valence-electron chi connectivity index (χ3n) is 5.53. The molecule has 2 N–H and O–H groups in total. The summed E-state index contributed by atoms with van der Waals surface area (Å²) in [6.07, 6.45) is 3.56. The molecule has 5 aromatic rings. The summed E-state index contributed by atoms with van der Waals surface area (Å²) in [5.41, 5.74) is 5.50. The summed E-state index contributed by atoms with van der Waals surface area (Å²) < 4.78 is 5.66. The number of anilines is 2. The number of pyridine rings is 1. The van der Waals surface area contributed by atoms with Gasteiger partial charge in [0.2, 0.25) is 0 Å². The number of aromatic nitrogens is 2. The van der Waals surface area contributed by atoms with Crippen molar-refractivity contribution in [3.63, 3.8) is 0 Å². The van der Waals surface area contributed by atoms with Crippen molar-refractivity contribution in [3.8, 4) is 22.3 Å². The van der Waals surface area contributed by atoms with E-state index in [9.17, 15) is 5.26 Å². The maximum Gasteiger partial charge on any atom is 0.127 e. The van der Waals surface area contributed by atoms with Crippen molar-refractivity contribution < 1.29 is 4.74 Å². The molecule has 0 bridgehead atoms. The summed E-state index contributed by atoms with van der Waals surface area (Å²) >= 11 is 1.60. The monoisotopic (exact) mass is 453 g/mol. The summed E-state index contributed by atoms with van der Waals surface area (Å²) in [4.78, 5) is 11.8. The smallest absolute Gasteiger partial charge is 0.127 e. The van der Waals surface area contributed by atoms with Gasteiger partial charge in [-0.15, -0.1) is 11.3 Å². The van der Waals surface area contributed by atoms with Gasteiger partial charge < -0.3 is 19.9 Å². The fourth-order valence-corrected chi connectivity index (χ4v) is 5.06. The number of H-pyrrole nitrogens is 1. The molecule has 0 saturated heterocycles. The second kappa shape index (κ2) is 8.58. The first-order chi connectivity index (χ1) is 16.1. The van der Waals surface area contributed by atoms with Crippen molar-refractivity contribution in [2.45, 2.75) is 6.54 Å². The molecule has 0 amide bonds. The van der Waals surface area contributed by atoms with E-state index in [1.807, 2.05) is 30.5 Å². The predicted molar refractivity (Wildman–Crippen MR) is 135 cm³/mol. The highest BCUT2D eigenvalue weighted by Gasteiger charge is 2.16. The molecule has 3 aromatic heterocycles. The van der Waals surface area contributed by atoms with E-state index >= 15 is 0 Å². The third-order valence-corrected chi connectivity index (χ3v) is 6.61. The molecule has 0 aliphatic carbocycles. The number of benzene rings is 2. The van der Waals surface area contributed by atoms with E-state index in [0.29, 0.717) is 5.56 Å². The van der Waals surface area contributed by atoms with Crippen LogP contribution >= 0.6 is 11.3 Å². The van der Waals surface area contributed by atoms with Crippen LogP contribution in [0.3, 0.4) is 0 Å². The van der Waals surface area contributed by atoms with E-state index in [4.69, 9.17) is 4.74 Å². The molecule has 0 saturated carbocycles. The highest BCUT2D eigenvalue weighted by molar-refractivity contribution is 7.22. The molecule has 0 aliphatic heterocycles. The van der Waals surface area contributed by atoms with Crippen LogP contribution in [0.2, 0.25) is 0 Å². The lowest BCUT2D eigenvalue weighted by Gasteiger charge is -2.13. The number of nitrogens with zero attached hydrogens (tertiary/aromatic N) is 3. The van der Waals surface area contributed by atoms with Crippen LogP contribution in [0.1, 0.15) is 11.1 Å². The van der Waals surface area contributed by atoms with E-state index in [2.05, 4.69) is 64.6 Å². The molecule has 3 heterocycles. The summed E-state index contributed by atoms with van der Waals surface area (Å²) in [6.45, 7) is 0.840. The highest BCUT2D eigenvalue weighted by atomic mass is 32.1. The Morgan fingerprint density at radius 2 is 2.03 bits per heavy atom. The van der Waals surface area contributed by atoms with E-state index in [1.165, 1.54) is 5.56 Å². The Morgan fingerprint density at radius 1 is 1.15 bits per heavy atom. The number of methoxy groups -OCH3 is 1. The number of thiophene rings is 1. The maximum absolute atomic E-state index is 9.76. The van der Waals surface area contributed by atoms with Crippen LogP contribution in [0.25, 0.3) is 31.6 Å². The van der Waals surface area contributed by atoms with Crippen LogP contribution in [0.4, 0.5) is 11.4 Å². The Balaban J connectivity index is 1.62. The zero-order valence-corrected chi connectivity index (χ0v) is 19.5. The van der Waals surface area contributed by atoms with E-state index in [0.717, 1.165) is 55.2 Å². The maximum atomic E-state index is 9.76. The number of rotatable bonds is 6. The molecule has 0 aliphatic rings. The van der Waals surface area contributed by atoms with Crippen LogP contribution in [0, 0.1) is 11.3 Å². The third kappa shape index (κ3) is 4.02. The lowest BCUT2D eigenvalue weighted by Crippen LogP contribution is -2.10. The second-order valence-electron chi connectivity index (χ2n) is 8.17. The SMILES string of the molecule is COc1ccc(CN(C)C)cc1-c1cc2c(Nc3ccc4[nH]ccc4c3)c(C#N)cnc2s1. The van der Waals surface area contributed by atoms with Crippen molar-refractivity contribution in [2.75, 3.05) is 26.5 Å². The first-order valence-corrected chi connectivity index (χ1v) is 11.4. The molecule has 5 rings (SSSR count). The normalized spacial score (nSPS) is 11.2. The average Bonchev–Trinajstić information content (AvgIpc) is 3.45. The minimum atomic E-state index is 0.509. The Bertz CT molecular complexity index is 1510. The standard InChI is InChI=1S/C26H23N5OS/c1-31(2)15-16-4-7-23(32-3)20(10-16)24-12-21-25(18(13-27)14-29-26(21)33-24)30-19-5-6-22-17(11-19)8-9-28-22/h4-12,14,28H,15H2,1-3H3,(H,29,30). The average molecular weight is 454 g/mol. The van der Waals surface area contributed by atoms with Gasteiger partial charge in [0.1, 0.15) is 16.6 Å². The lowest BCUT2D eigenvalue weighted by molar-refractivity contribution is 0.400.